The molecule has 0 radical (unpaired) electrons. The third-order valence-corrected chi connectivity index (χ3v) is 4.81. The predicted octanol–water partition coefficient (Wildman–Crippen LogP) is 2.15. The molecule has 5 N–H and O–H groups in total. The highest BCUT2D eigenvalue weighted by molar-refractivity contribution is 7.18. The Balaban J connectivity index is 2.10. The minimum atomic E-state index is -0.582. The Labute approximate surface area is 116 Å². The first-order valence-corrected chi connectivity index (χ1v) is 7.20. The van der Waals surface area contributed by atoms with Crippen molar-refractivity contribution in [3.63, 3.8) is 0 Å². The van der Waals surface area contributed by atoms with E-state index in [1.54, 1.807) is 0 Å². The van der Waals surface area contributed by atoms with Gasteiger partial charge < -0.3 is 16.8 Å². The molecule has 2 unspecified atom stereocenters. The van der Waals surface area contributed by atoms with Crippen LogP contribution in [0.2, 0.25) is 0 Å². The van der Waals surface area contributed by atoms with Gasteiger partial charge in [0, 0.05) is 6.54 Å². The Morgan fingerprint density at radius 1 is 1.58 bits per heavy atom. The second-order valence-corrected chi connectivity index (χ2v) is 6.21. The van der Waals surface area contributed by atoms with Gasteiger partial charge in [-0.1, -0.05) is 13.3 Å². The number of nitrogens with two attached hydrogens (primary N) is 2. The maximum atomic E-state index is 11.2. The zero-order valence-corrected chi connectivity index (χ0v) is 11.7. The molecule has 102 valence electrons. The van der Waals surface area contributed by atoms with Crippen LogP contribution < -0.4 is 16.8 Å². The average molecular weight is 278 g/mol. The lowest BCUT2D eigenvalue weighted by atomic mass is 10.1. The fraction of sp³-hybridized carbons (Fsp3) is 0.538. The molecule has 0 aromatic carbocycles. The Kier molecular flexibility index (Phi) is 3.96. The summed E-state index contributed by atoms with van der Waals surface area (Å²) >= 11 is 1.17. The molecular weight excluding hydrogens is 260 g/mol. The fourth-order valence-corrected chi connectivity index (χ4v) is 3.54. The van der Waals surface area contributed by atoms with Gasteiger partial charge in [0.2, 0.25) is 0 Å². The van der Waals surface area contributed by atoms with Crippen LogP contribution in [0.5, 0.6) is 0 Å². The molecule has 6 heteroatoms. The summed E-state index contributed by atoms with van der Waals surface area (Å²) in [4.78, 5) is 11.5. The molecule has 1 heterocycles. The number of hydrogen-bond acceptors (Lipinski definition) is 5. The minimum Gasteiger partial charge on any atom is -0.396 e. The number of nitrogen functional groups attached to an aromatic ring is 1. The van der Waals surface area contributed by atoms with Crippen LogP contribution in [0, 0.1) is 23.2 Å². The summed E-state index contributed by atoms with van der Waals surface area (Å²) in [6.45, 7) is 3.08. The van der Waals surface area contributed by atoms with Crippen LogP contribution in [0.4, 0.5) is 10.7 Å². The summed E-state index contributed by atoms with van der Waals surface area (Å²) in [5, 5.41) is 13.0. The van der Waals surface area contributed by atoms with Gasteiger partial charge in [-0.2, -0.15) is 5.26 Å². The molecule has 0 bridgehead atoms. The molecule has 19 heavy (non-hydrogen) atoms. The van der Waals surface area contributed by atoms with Crippen molar-refractivity contribution in [1.29, 1.82) is 5.26 Å². The first-order valence-electron chi connectivity index (χ1n) is 6.39. The van der Waals surface area contributed by atoms with Crippen molar-refractivity contribution in [3.8, 4) is 6.07 Å². The molecule has 0 aliphatic heterocycles. The van der Waals surface area contributed by atoms with Gasteiger partial charge in [-0.05, 0) is 24.7 Å². The van der Waals surface area contributed by atoms with Gasteiger partial charge in [0.05, 0.1) is 5.69 Å². The van der Waals surface area contributed by atoms with E-state index >= 15 is 0 Å². The monoisotopic (exact) mass is 278 g/mol. The topological polar surface area (TPSA) is 105 Å². The normalized spacial score (nSPS) is 22.1. The van der Waals surface area contributed by atoms with Crippen molar-refractivity contribution in [2.75, 3.05) is 17.6 Å². The lowest BCUT2D eigenvalue weighted by Gasteiger charge is -2.10. The van der Waals surface area contributed by atoms with E-state index in [0.717, 1.165) is 12.5 Å². The fourth-order valence-electron chi connectivity index (χ4n) is 2.61. The van der Waals surface area contributed by atoms with Crippen molar-refractivity contribution in [2.24, 2.45) is 17.6 Å². The summed E-state index contributed by atoms with van der Waals surface area (Å²) in [5.74, 6) is 0.820. The van der Waals surface area contributed by atoms with Crippen molar-refractivity contribution >= 4 is 27.9 Å². The van der Waals surface area contributed by atoms with Gasteiger partial charge >= 0.3 is 0 Å². The Bertz CT molecular complexity index is 531. The van der Waals surface area contributed by atoms with E-state index in [2.05, 4.69) is 12.2 Å². The molecule has 1 amide bonds. The molecule has 1 fully saturated rings. The average Bonchev–Trinajstić information content (AvgIpc) is 2.90. The number of amides is 1. The SMILES string of the molecule is CC1CCC(CNc2sc(C(N)=O)c(N)c2C#N)C1. The van der Waals surface area contributed by atoms with Gasteiger partial charge in [-0.25, -0.2) is 0 Å². The number of nitriles is 1. The Morgan fingerprint density at radius 2 is 2.32 bits per heavy atom. The Morgan fingerprint density at radius 3 is 2.84 bits per heavy atom. The quantitative estimate of drug-likeness (QED) is 0.784. The van der Waals surface area contributed by atoms with Crippen molar-refractivity contribution in [1.82, 2.24) is 0 Å². The van der Waals surface area contributed by atoms with E-state index in [1.165, 1.54) is 30.6 Å². The predicted molar refractivity (Wildman–Crippen MR) is 77.0 cm³/mol. The second kappa shape index (κ2) is 5.49. The highest BCUT2D eigenvalue weighted by Gasteiger charge is 2.23. The number of thiophene rings is 1. The van der Waals surface area contributed by atoms with Crippen LogP contribution >= 0.6 is 11.3 Å². The molecule has 0 spiro atoms. The summed E-state index contributed by atoms with van der Waals surface area (Å²) < 4.78 is 0. The molecule has 5 nitrogen and oxygen atoms in total. The van der Waals surface area contributed by atoms with Gasteiger partial charge in [-0.3, -0.25) is 4.79 Å². The zero-order valence-electron chi connectivity index (χ0n) is 10.9. The molecular formula is C13H18N4OS. The van der Waals surface area contributed by atoms with Gasteiger partial charge in [0.15, 0.2) is 0 Å². The van der Waals surface area contributed by atoms with Gasteiger partial charge in [-0.15, -0.1) is 11.3 Å². The molecule has 2 rings (SSSR count). The number of primary amides is 1. The highest BCUT2D eigenvalue weighted by atomic mass is 32.1. The van der Waals surface area contributed by atoms with Crippen LogP contribution in [0.1, 0.15) is 41.4 Å². The van der Waals surface area contributed by atoms with Crippen LogP contribution in [0.15, 0.2) is 0 Å². The number of rotatable bonds is 4. The standard InChI is InChI=1S/C13H18N4OS/c1-7-2-3-8(4-7)6-17-13-9(5-14)10(15)11(19-13)12(16)18/h7-8,17H,2-4,6,15H2,1H3,(H2,16,18). The van der Waals surface area contributed by atoms with Crippen molar-refractivity contribution < 1.29 is 4.79 Å². The maximum absolute atomic E-state index is 11.2. The van der Waals surface area contributed by atoms with Gasteiger partial charge in [0.25, 0.3) is 5.91 Å². The third kappa shape index (κ3) is 2.82. The largest absolute Gasteiger partial charge is 0.396 e. The number of nitrogens with one attached hydrogen (secondary N) is 1. The molecule has 1 aliphatic carbocycles. The number of anilines is 2. The summed E-state index contributed by atoms with van der Waals surface area (Å²) in [6.07, 6.45) is 3.68. The van der Waals surface area contributed by atoms with Gasteiger partial charge in [0.1, 0.15) is 21.5 Å². The number of nitrogens with zero attached hydrogens (tertiary/aromatic N) is 1. The van der Waals surface area contributed by atoms with E-state index in [1.807, 2.05) is 6.07 Å². The number of hydrogen-bond donors (Lipinski definition) is 3. The van der Waals surface area contributed by atoms with E-state index in [4.69, 9.17) is 16.7 Å². The van der Waals surface area contributed by atoms with E-state index in [9.17, 15) is 4.79 Å². The smallest absolute Gasteiger partial charge is 0.261 e. The van der Waals surface area contributed by atoms with E-state index < -0.39 is 5.91 Å². The highest BCUT2D eigenvalue weighted by Crippen LogP contribution is 2.36. The minimum absolute atomic E-state index is 0.197. The van der Waals surface area contributed by atoms with Crippen molar-refractivity contribution in [3.05, 3.63) is 10.4 Å². The lowest BCUT2D eigenvalue weighted by Crippen LogP contribution is -2.11. The number of carbonyl (C=O) groups excluding carboxylic acids is 1. The van der Waals surface area contributed by atoms with Crippen LogP contribution in [-0.4, -0.2) is 12.5 Å². The van der Waals surface area contributed by atoms with Crippen molar-refractivity contribution in [2.45, 2.75) is 26.2 Å². The summed E-state index contributed by atoms with van der Waals surface area (Å²) in [7, 11) is 0. The summed E-state index contributed by atoms with van der Waals surface area (Å²) in [5.41, 5.74) is 11.5. The van der Waals surface area contributed by atoms with Crippen LogP contribution in [-0.2, 0) is 0 Å². The zero-order chi connectivity index (χ0) is 14.0. The van der Waals surface area contributed by atoms with Crippen LogP contribution in [0.25, 0.3) is 0 Å². The maximum Gasteiger partial charge on any atom is 0.261 e. The Hall–Kier alpha value is -1.74. The first kappa shape index (κ1) is 13.7. The lowest BCUT2D eigenvalue weighted by molar-refractivity contribution is 0.100. The second-order valence-electron chi connectivity index (χ2n) is 5.19. The molecule has 2 atom stereocenters. The molecule has 1 aromatic rings. The third-order valence-electron chi connectivity index (χ3n) is 3.64. The first-order chi connectivity index (χ1) is 9.02. The number of carbonyl (C=O) groups is 1. The molecule has 0 saturated heterocycles. The van der Waals surface area contributed by atoms with E-state index in [-0.39, 0.29) is 10.6 Å². The molecule has 1 aromatic heterocycles. The van der Waals surface area contributed by atoms with E-state index in [0.29, 0.717) is 16.5 Å². The van der Waals surface area contributed by atoms with Crippen LogP contribution in [0.3, 0.4) is 0 Å². The molecule has 1 aliphatic rings. The summed E-state index contributed by atoms with van der Waals surface area (Å²) in [6, 6.07) is 2.04. The molecule has 1 saturated carbocycles.